The second-order valence-corrected chi connectivity index (χ2v) is 7.46. The molecule has 1 aromatic heterocycles. The first-order chi connectivity index (χ1) is 13.2. The Labute approximate surface area is 160 Å². The number of ether oxygens (including phenoxy) is 1. The number of fused-ring (bicyclic) bond motifs is 1. The number of hydrogen-bond donors (Lipinski definition) is 2. The van der Waals surface area contributed by atoms with Crippen molar-refractivity contribution in [2.45, 2.75) is 25.0 Å². The lowest BCUT2D eigenvalue weighted by molar-refractivity contribution is -0.135. The van der Waals surface area contributed by atoms with E-state index in [1.165, 1.54) is 10.9 Å². The molecule has 2 aliphatic heterocycles. The van der Waals surface area contributed by atoms with Gasteiger partial charge in [0.2, 0.25) is 5.91 Å². The minimum absolute atomic E-state index is 0.137. The smallest absolute Gasteiger partial charge is 0.241 e. The number of methoxy groups -OCH3 is 1. The van der Waals surface area contributed by atoms with E-state index < -0.39 is 0 Å². The lowest BCUT2D eigenvalue weighted by Gasteiger charge is -2.35. The summed E-state index contributed by atoms with van der Waals surface area (Å²) in [4.78, 5) is 17.2. The quantitative estimate of drug-likeness (QED) is 0.782. The maximum atomic E-state index is 12.9. The molecule has 0 spiro atoms. The highest BCUT2D eigenvalue weighted by molar-refractivity contribution is 5.82. The zero-order valence-corrected chi connectivity index (χ0v) is 15.9. The average molecular weight is 371 g/mol. The number of rotatable bonds is 6. The van der Waals surface area contributed by atoms with Crippen LogP contribution in [0.5, 0.6) is 0 Å². The first kappa shape index (κ1) is 18.4. The lowest BCUT2D eigenvalue weighted by Crippen LogP contribution is -2.54. The molecule has 0 radical (unpaired) electrons. The van der Waals surface area contributed by atoms with Crippen LogP contribution < -0.4 is 10.9 Å². The van der Waals surface area contributed by atoms with Crippen LogP contribution in [-0.4, -0.2) is 78.8 Å². The van der Waals surface area contributed by atoms with Crippen LogP contribution in [-0.2, 0) is 16.1 Å². The zero-order chi connectivity index (χ0) is 18.6. The van der Waals surface area contributed by atoms with Gasteiger partial charge in [0.1, 0.15) is 6.04 Å². The van der Waals surface area contributed by atoms with E-state index in [-0.39, 0.29) is 18.0 Å². The van der Waals surface area contributed by atoms with Crippen LogP contribution in [0.25, 0.3) is 10.9 Å². The summed E-state index contributed by atoms with van der Waals surface area (Å²) in [6, 6.07) is 10.7. The first-order valence-electron chi connectivity index (χ1n) is 9.79. The van der Waals surface area contributed by atoms with Crippen molar-refractivity contribution in [1.29, 1.82) is 0 Å². The Hall–Kier alpha value is -1.93. The molecule has 4 rings (SSSR count). The predicted molar refractivity (Wildman–Crippen MR) is 105 cm³/mol. The number of piperazine rings is 1. The van der Waals surface area contributed by atoms with E-state index in [1.807, 2.05) is 4.90 Å². The summed E-state index contributed by atoms with van der Waals surface area (Å²) >= 11 is 0. The number of carbonyl (C=O) groups is 1. The summed E-state index contributed by atoms with van der Waals surface area (Å²) in [6.45, 7) is 5.99. The molecule has 2 atom stereocenters. The summed E-state index contributed by atoms with van der Waals surface area (Å²) in [5.41, 5.74) is 7.78. The third kappa shape index (κ3) is 4.16. The van der Waals surface area contributed by atoms with E-state index in [0.29, 0.717) is 0 Å². The van der Waals surface area contributed by atoms with Crippen molar-refractivity contribution >= 4 is 16.8 Å². The first-order valence-corrected chi connectivity index (χ1v) is 9.79. The van der Waals surface area contributed by atoms with Crippen molar-refractivity contribution in [3.63, 3.8) is 0 Å². The molecule has 2 unspecified atom stereocenters. The normalized spacial score (nSPS) is 24.0. The van der Waals surface area contributed by atoms with Gasteiger partial charge in [0.25, 0.3) is 0 Å². The second-order valence-electron chi connectivity index (χ2n) is 7.46. The zero-order valence-electron chi connectivity index (χ0n) is 15.9. The molecule has 2 aliphatic rings. The number of carbonyl (C=O) groups excluding carboxylic acids is 1. The van der Waals surface area contributed by atoms with E-state index in [1.54, 1.807) is 7.11 Å². The van der Waals surface area contributed by atoms with Crippen LogP contribution in [0.15, 0.2) is 36.5 Å². The highest BCUT2D eigenvalue weighted by atomic mass is 16.5. The van der Waals surface area contributed by atoms with Gasteiger partial charge in [-0.2, -0.15) is 0 Å². The highest BCUT2D eigenvalue weighted by Gasteiger charge is 2.33. The van der Waals surface area contributed by atoms with E-state index in [0.717, 1.165) is 52.3 Å². The summed E-state index contributed by atoms with van der Waals surface area (Å²) in [5, 5.41) is 1.25. The molecule has 27 heavy (non-hydrogen) atoms. The van der Waals surface area contributed by atoms with Gasteiger partial charge >= 0.3 is 0 Å². The van der Waals surface area contributed by atoms with E-state index in [2.05, 4.69) is 56.8 Å². The van der Waals surface area contributed by atoms with E-state index >= 15 is 0 Å². The summed E-state index contributed by atoms with van der Waals surface area (Å²) in [7, 11) is 1.73. The Morgan fingerprint density at radius 1 is 1.15 bits per heavy atom. The van der Waals surface area contributed by atoms with Crippen molar-refractivity contribution in [3.05, 3.63) is 36.5 Å². The molecule has 146 valence electrons. The molecule has 0 saturated carbocycles. The summed E-state index contributed by atoms with van der Waals surface area (Å²) < 4.78 is 7.40. The largest absolute Gasteiger partial charge is 0.383 e. The molecule has 2 aromatic rings. The molecule has 1 amide bonds. The van der Waals surface area contributed by atoms with Crippen molar-refractivity contribution in [2.24, 2.45) is 0 Å². The number of benzene rings is 1. The van der Waals surface area contributed by atoms with Crippen LogP contribution in [0.4, 0.5) is 0 Å². The van der Waals surface area contributed by atoms with Crippen molar-refractivity contribution < 1.29 is 9.53 Å². The Morgan fingerprint density at radius 3 is 2.78 bits per heavy atom. The molecule has 0 bridgehead atoms. The number of nitrogens with one attached hydrogen (secondary N) is 2. The average Bonchev–Trinajstić information content (AvgIpc) is 3.34. The molecular weight excluding hydrogens is 342 g/mol. The van der Waals surface area contributed by atoms with Gasteiger partial charge < -0.3 is 14.2 Å². The Balaban J connectivity index is 1.29. The van der Waals surface area contributed by atoms with Gasteiger partial charge in [-0.05, 0) is 23.9 Å². The maximum absolute atomic E-state index is 12.9. The number of aromatic nitrogens is 1. The summed E-state index contributed by atoms with van der Waals surface area (Å²) in [5.74, 6) is 0.216. The van der Waals surface area contributed by atoms with Crippen molar-refractivity contribution in [3.8, 4) is 0 Å². The number of hydrogen-bond acceptors (Lipinski definition) is 5. The fourth-order valence-corrected chi connectivity index (χ4v) is 4.07. The molecule has 7 heteroatoms. The SMILES string of the molecule is COCCN1CCN(C(=O)C2CC(Cn3ccc4ccccc43)NN2)CC1. The number of amides is 1. The maximum Gasteiger partial charge on any atom is 0.241 e. The fraction of sp³-hybridized carbons (Fsp3) is 0.550. The minimum Gasteiger partial charge on any atom is -0.383 e. The lowest BCUT2D eigenvalue weighted by atomic mass is 10.1. The predicted octanol–water partition coefficient (Wildman–Crippen LogP) is 0.667. The summed E-state index contributed by atoms with van der Waals surface area (Å²) in [6.07, 6.45) is 2.94. The second kappa shape index (κ2) is 8.39. The number of nitrogens with zero attached hydrogens (tertiary/aromatic N) is 3. The standard InChI is InChI=1S/C20H29N5O2/c1-27-13-12-23-8-10-24(11-9-23)20(26)18-14-17(21-22-18)15-25-7-6-16-4-2-3-5-19(16)25/h2-7,17-18,21-22H,8-15H2,1H3. The van der Waals surface area contributed by atoms with Crippen molar-refractivity contribution in [1.82, 2.24) is 25.2 Å². The third-order valence-electron chi connectivity index (χ3n) is 5.67. The Morgan fingerprint density at radius 2 is 1.96 bits per heavy atom. The van der Waals surface area contributed by atoms with E-state index in [4.69, 9.17) is 4.74 Å². The fourth-order valence-electron chi connectivity index (χ4n) is 4.07. The third-order valence-corrected chi connectivity index (χ3v) is 5.67. The van der Waals surface area contributed by atoms with Crippen LogP contribution >= 0.6 is 0 Å². The van der Waals surface area contributed by atoms with Crippen molar-refractivity contribution in [2.75, 3.05) is 46.4 Å². The van der Waals surface area contributed by atoms with Gasteiger partial charge in [0, 0.05) is 64.1 Å². The van der Waals surface area contributed by atoms with Gasteiger partial charge in [-0.25, -0.2) is 5.43 Å². The number of hydrazine groups is 1. The minimum atomic E-state index is -0.137. The molecule has 3 heterocycles. The van der Waals surface area contributed by atoms with Gasteiger partial charge in [-0.15, -0.1) is 0 Å². The molecule has 2 N–H and O–H groups in total. The van der Waals surface area contributed by atoms with Crippen LogP contribution in [0.2, 0.25) is 0 Å². The Bertz CT molecular complexity index is 769. The van der Waals surface area contributed by atoms with E-state index in [9.17, 15) is 4.79 Å². The van der Waals surface area contributed by atoms with Gasteiger partial charge in [0.05, 0.1) is 6.61 Å². The van der Waals surface area contributed by atoms with Gasteiger partial charge in [-0.1, -0.05) is 18.2 Å². The Kier molecular flexibility index (Phi) is 5.73. The molecule has 0 aliphatic carbocycles. The number of para-hydroxylation sites is 1. The topological polar surface area (TPSA) is 61.8 Å². The molecular formula is C20H29N5O2. The van der Waals surface area contributed by atoms with Gasteiger partial charge in [-0.3, -0.25) is 15.1 Å². The van der Waals surface area contributed by atoms with Gasteiger partial charge in [0.15, 0.2) is 0 Å². The monoisotopic (exact) mass is 371 g/mol. The molecule has 2 saturated heterocycles. The van der Waals surface area contributed by atoms with Crippen LogP contribution in [0.1, 0.15) is 6.42 Å². The van der Waals surface area contributed by atoms with Crippen LogP contribution in [0, 0.1) is 0 Å². The highest BCUT2D eigenvalue weighted by Crippen LogP contribution is 2.18. The molecule has 2 fully saturated rings. The molecule has 7 nitrogen and oxygen atoms in total. The molecule has 1 aromatic carbocycles. The van der Waals surface area contributed by atoms with Crippen LogP contribution in [0.3, 0.4) is 0 Å².